The lowest BCUT2D eigenvalue weighted by Crippen LogP contribution is -2.15. The maximum Gasteiger partial charge on any atom is 0.308 e. The van der Waals surface area contributed by atoms with Crippen molar-refractivity contribution in [3.05, 3.63) is 53.4 Å². The summed E-state index contributed by atoms with van der Waals surface area (Å²) in [6.07, 6.45) is -0.0648. The first kappa shape index (κ1) is 16.4. The number of ether oxygens (including phenoxy) is 2. The molecule has 26 heavy (non-hydrogen) atoms. The molecule has 0 radical (unpaired) electrons. The van der Waals surface area contributed by atoms with E-state index < -0.39 is 5.97 Å². The maximum atomic E-state index is 11.2. The van der Waals surface area contributed by atoms with E-state index in [2.05, 4.69) is 10.3 Å². The highest BCUT2D eigenvalue weighted by Gasteiger charge is 2.17. The predicted octanol–water partition coefficient (Wildman–Crippen LogP) is 3.95. The highest BCUT2D eigenvalue weighted by molar-refractivity contribution is 7.16. The predicted molar refractivity (Wildman–Crippen MR) is 99.6 cm³/mol. The van der Waals surface area contributed by atoms with Gasteiger partial charge in [-0.05, 0) is 12.1 Å². The average molecular weight is 368 g/mol. The summed E-state index contributed by atoms with van der Waals surface area (Å²) in [5.74, 6) is 0.529. The highest BCUT2D eigenvalue weighted by Crippen LogP contribution is 2.36. The summed E-state index contributed by atoms with van der Waals surface area (Å²) in [4.78, 5) is 16.5. The lowest BCUT2D eigenvalue weighted by atomic mass is 10.1. The second-order valence-corrected chi connectivity index (χ2v) is 6.79. The van der Waals surface area contributed by atoms with Crippen LogP contribution in [0.3, 0.4) is 0 Å². The lowest BCUT2D eigenvalue weighted by Gasteiger charge is -2.18. The first-order valence-corrected chi connectivity index (χ1v) is 8.94. The molecular formula is C19H16N2O4S. The third-order valence-corrected chi connectivity index (χ3v) is 4.82. The van der Waals surface area contributed by atoms with E-state index in [9.17, 15) is 9.90 Å². The standard InChI is InChI=1S/C19H16N2O4S/c22-17(23)11-16-18(12-4-2-1-3-5-12)21-19(26-16)20-13-6-7-14-15(10-13)25-9-8-24-14/h1-7,10H,8-9,11H2,(H,20,21)(H,22,23). The molecule has 0 fully saturated rings. The lowest BCUT2D eigenvalue weighted by molar-refractivity contribution is -0.136. The fourth-order valence-electron chi connectivity index (χ4n) is 2.73. The first-order chi connectivity index (χ1) is 12.7. The molecule has 0 saturated heterocycles. The summed E-state index contributed by atoms with van der Waals surface area (Å²) < 4.78 is 11.1. The molecule has 1 aromatic heterocycles. The summed E-state index contributed by atoms with van der Waals surface area (Å²) in [5.41, 5.74) is 2.40. The Kier molecular flexibility index (Phi) is 4.45. The minimum Gasteiger partial charge on any atom is -0.486 e. The number of fused-ring (bicyclic) bond motifs is 1. The average Bonchev–Trinajstić information content (AvgIpc) is 3.04. The van der Waals surface area contributed by atoms with Crippen molar-refractivity contribution in [3.8, 4) is 22.8 Å². The second kappa shape index (κ2) is 7.05. The van der Waals surface area contributed by atoms with E-state index in [0.717, 1.165) is 17.0 Å². The summed E-state index contributed by atoms with van der Waals surface area (Å²) in [6, 6.07) is 15.2. The summed E-state index contributed by atoms with van der Waals surface area (Å²) in [7, 11) is 0. The molecule has 1 aliphatic rings. The minimum absolute atomic E-state index is 0.0648. The molecule has 3 aromatic rings. The van der Waals surface area contributed by atoms with Crippen LogP contribution in [0.5, 0.6) is 11.5 Å². The minimum atomic E-state index is -0.878. The number of anilines is 2. The van der Waals surface area contributed by atoms with Gasteiger partial charge in [-0.15, -0.1) is 11.3 Å². The van der Waals surface area contributed by atoms with Crippen LogP contribution in [0.15, 0.2) is 48.5 Å². The number of carboxylic acids is 1. The van der Waals surface area contributed by atoms with E-state index >= 15 is 0 Å². The summed E-state index contributed by atoms with van der Waals surface area (Å²) in [6.45, 7) is 1.07. The quantitative estimate of drug-likeness (QED) is 0.710. The zero-order valence-electron chi connectivity index (χ0n) is 13.8. The molecule has 2 aromatic carbocycles. The molecule has 0 spiro atoms. The van der Waals surface area contributed by atoms with Gasteiger partial charge in [0.15, 0.2) is 16.6 Å². The van der Waals surface area contributed by atoms with E-state index in [0.29, 0.717) is 34.7 Å². The first-order valence-electron chi connectivity index (χ1n) is 8.12. The van der Waals surface area contributed by atoms with Gasteiger partial charge < -0.3 is 19.9 Å². The number of hydrogen-bond donors (Lipinski definition) is 2. The van der Waals surface area contributed by atoms with Crippen LogP contribution in [-0.2, 0) is 11.2 Å². The Bertz CT molecular complexity index is 940. The SMILES string of the molecule is O=C(O)Cc1sc(Nc2ccc3c(c2)OCCO3)nc1-c1ccccc1. The number of nitrogens with one attached hydrogen (secondary N) is 1. The van der Waals surface area contributed by atoms with Crippen LogP contribution >= 0.6 is 11.3 Å². The van der Waals surface area contributed by atoms with Crippen molar-refractivity contribution in [3.63, 3.8) is 0 Å². The molecule has 0 amide bonds. The van der Waals surface area contributed by atoms with E-state index in [1.807, 2.05) is 48.5 Å². The molecule has 1 aliphatic heterocycles. The van der Waals surface area contributed by atoms with Crippen LogP contribution in [0.25, 0.3) is 11.3 Å². The van der Waals surface area contributed by atoms with E-state index in [1.165, 1.54) is 11.3 Å². The number of carboxylic acid groups (broad SMARTS) is 1. The van der Waals surface area contributed by atoms with Gasteiger partial charge >= 0.3 is 5.97 Å². The zero-order chi connectivity index (χ0) is 17.9. The van der Waals surface area contributed by atoms with Gasteiger partial charge in [-0.1, -0.05) is 30.3 Å². The van der Waals surface area contributed by atoms with Crippen molar-refractivity contribution in [1.82, 2.24) is 4.98 Å². The zero-order valence-corrected chi connectivity index (χ0v) is 14.6. The Labute approximate surface area is 154 Å². The Morgan fingerprint density at radius 3 is 2.65 bits per heavy atom. The Morgan fingerprint density at radius 1 is 1.12 bits per heavy atom. The second-order valence-electron chi connectivity index (χ2n) is 5.71. The fourth-order valence-corrected chi connectivity index (χ4v) is 3.72. The largest absolute Gasteiger partial charge is 0.486 e. The van der Waals surface area contributed by atoms with Gasteiger partial charge in [-0.3, -0.25) is 4.79 Å². The van der Waals surface area contributed by atoms with Crippen LogP contribution in [0.1, 0.15) is 4.88 Å². The van der Waals surface area contributed by atoms with Gasteiger partial charge in [-0.2, -0.15) is 0 Å². The van der Waals surface area contributed by atoms with Gasteiger partial charge in [0.1, 0.15) is 13.2 Å². The Balaban J connectivity index is 1.64. The van der Waals surface area contributed by atoms with Crippen LogP contribution in [0.2, 0.25) is 0 Å². The maximum absolute atomic E-state index is 11.2. The number of rotatable bonds is 5. The molecule has 0 atom stereocenters. The molecule has 0 bridgehead atoms. The Hall–Kier alpha value is -3.06. The molecule has 132 valence electrons. The van der Waals surface area contributed by atoms with Crippen molar-refractivity contribution in [2.24, 2.45) is 0 Å². The molecule has 2 heterocycles. The van der Waals surface area contributed by atoms with E-state index in [4.69, 9.17) is 9.47 Å². The number of benzene rings is 2. The van der Waals surface area contributed by atoms with Gasteiger partial charge in [-0.25, -0.2) is 4.98 Å². The molecule has 4 rings (SSSR count). The molecule has 6 nitrogen and oxygen atoms in total. The fraction of sp³-hybridized carbons (Fsp3) is 0.158. The molecule has 0 aliphatic carbocycles. The smallest absolute Gasteiger partial charge is 0.308 e. The highest BCUT2D eigenvalue weighted by atomic mass is 32.1. The van der Waals surface area contributed by atoms with Crippen molar-refractivity contribution in [1.29, 1.82) is 0 Å². The van der Waals surface area contributed by atoms with Crippen molar-refractivity contribution < 1.29 is 19.4 Å². The van der Waals surface area contributed by atoms with Gasteiger partial charge in [0, 0.05) is 22.2 Å². The van der Waals surface area contributed by atoms with Crippen molar-refractivity contribution >= 4 is 28.1 Å². The van der Waals surface area contributed by atoms with Crippen LogP contribution in [0.4, 0.5) is 10.8 Å². The molecular weight excluding hydrogens is 352 g/mol. The van der Waals surface area contributed by atoms with Crippen LogP contribution in [-0.4, -0.2) is 29.3 Å². The number of carbonyl (C=O) groups is 1. The molecule has 2 N–H and O–H groups in total. The molecule has 7 heteroatoms. The van der Waals surface area contributed by atoms with Crippen molar-refractivity contribution in [2.75, 3.05) is 18.5 Å². The number of thiazole rings is 1. The van der Waals surface area contributed by atoms with E-state index in [1.54, 1.807) is 0 Å². The van der Waals surface area contributed by atoms with Crippen LogP contribution < -0.4 is 14.8 Å². The Morgan fingerprint density at radius 2 is 1.88 bits per heavy atom. The topological polar surface area (TPSA) is 80.7 Å². The van der Waals surface area contributed by atoms with Crippen LogP contribution in [0, 0.1) is 0 Å². The van der Waals surface area contributed by atoms with Gasteiger partial charge in [0.25, 0.3) is 0 Å². The van der Waals surface area contributed by atoms with E-state index in [-0.39, 0.29) is 6.42 Å². The number of hydrogen-bond acceptors (Lipinski definition) is 6. The van der Waals surface area contributed by atoms with Gasteiger partial charge in [0.2, 0.25) is 0 Å². The third kappa shape index (κ3) is 3.48. The molecule has 0 saturated carbocycles. The number of aliphatic carboxylic acids is 1. The summed E-state index contributed by atoms with van der Waals surface area (Å²) in [5, 5.41) is 13.1. The molecule has 0 unspecified atom stereocenters. The normalized spacial score (nSPS) is 12.6. The third-order valence-electron chi connectivity index (χ3n) is 3.85. The van der Waals surface area contributed by atoms with Gasteiger partial charge in [0.05, 0.1) is 12.1 Å². The summed E-state index contributed by atoms with van der Waals surface area (Å²) >= 11 is 1.34. The number of nitrogens with zero attached hydrogens (tertiary/aromatic N) is 1. The van der Waals surface area contributed by atoms with Crippen molar-refractivity contribution in [2.45, 2.75) is 6.42 Å². The monoisotopic (exact) mass is 368 g/mol. The number of aromatic nitrogens is 1.